The van der Waals surface area contributed by atoms with E-state index < -0.39 is 0 Å². The number of hydrogen-bond donors (Lipinski definition) is 1. The highest BCUT2D eigenvalue weighted by atomic mass is 15.2. The van der Waals surface area contributed by atoms with Crippen LogP contribution in [0.2, 0.25) is 0 Å². The molecule has 1 aromatic heterocycles. The molecule has 3 rings (SSSR count). The van der Waals surface area contributed by atoms with Crippen LogP contribution in [-0.4, -0.2) is 40.1 Å². The van der Waals surface area contributed by atoms with E-state index in [0.717, 1.165) is 12.5 Å². The molecule has 20 heavy (non-hydrogen) atoms. The first kappa shape index (κ1) is 13.9. The Balaban J connectivity index is 1.55. The van der Waals surface area contributed by atoms with E-state index in [9.17, 15) is 0 Å². The first-order valence-electron chi connectivity index (χ1n) is 8.34. The van der Waals surface area contributed by atoms with Gasteiger partial charge in [0.05, 0.1) is 0 Å². The van der Waals surface area contributed by atoms with Crippen LogP contribution in [0.15, 0.2) is 12.4 Å². The van der Waals surface area contributed by atoms with Gasteiger partial charge in [-0.15, -0.1) is 0 Å². The molecule has 1 atom stereocenters. The lowest BCUT2D eigenvalue weighted by Crippen LogP contribution is -2.38. The van der Waals surface area contributed by atoms with Gasteiger partial charge in [-0.25, -0.2) is 4.98 Å². The van der Waals surface area contributed by atoms with Crippen LogP contribution in [-0.2, 0) is 0 Å². The van der Waals surface area contributed by atoms with E-state index in [-0.39, 0.29) is 0 Å². The van der Waals surface area contributed by atoms with Gasteiger partial charge in [0.2, 0.25) is 5.95 Å². The van der Waals surface area contributed by atoms with Crippen molar-refractivity contribution in [3.63, 3.8) is 0 Å². The van der Waals surface area contributed by atoms with Gasteiger partial charge in [-0.1, -0.05) is 19.3 Å². The lowest BCUT2D eigenvalue weighted by Gasteiger charge is -2.29. The Bertz CT molecular complexity index is 402. The van der Waals surface area contributed by atoms with Crippen LogP contribution in [0.4, 0.5) is 5.95 Å². The molecule has 1 aromatic rings. The summed E-state index contributed by atoms with van der Waals surface area (Å²) in [5, 5.41) is 3.62. The Hall–Kier alpha value is -1.03. The van der Waals surface area contributed by atoms with Crippen molar-refractivity contribution >= 4 is 5.95 Å². The molecule has 1 unspecified atom stereocenters. The standard InChI is InChI=1S/C16H28N4/c1-14(13-19-10-5-2-6-11-19)18-16-17-9-12-20(16)15-7-3-4-8-15/h9,12,14-15H,2-8,10-11,13H2,1H3,(H,17,18). The van der Waals surface area contributed by atoms with Gasteiger partial charge in [-0.05, 0) is 45.7 Å². The third-order valence-electron chi connectivity index (χ3n) is 4.74. The zero-order valence-corrected chi connectivity index (χ0v) is 12.7. The molecule has 112 valence electrons. The zero-order chi connectivity index (χ0) is 13.8. The SMILES string of the molecule is CC(CN1CCCCC1)Nc1nccn1C1CCCC1. The zero-order valence-electron chi connectivity index (χ0n) is 12.7. The van der Waals surface area contributed by atoms with Crippen molar-refractivity contribution in [2.24, 2.45) is 0 Å². The quantitative estimate of drug-likeness (QED) is 0.896. The van der Waals surface area contributed by atoms with Crippen molar-refractivity contribution in [1.29, 1.82) is 0 Å². The van der Waals surface area contributed by atoms with Crippen LogP contribution in [0.1, 0.15) is 57.9 Å². The fraction of sp³-hybridized carbons (Fsp3) is 0.812. The predicted octanol–water partition coefficient (Wildman–Crippen LogP) is 3.28. The van der Waals surface area contributed by atoms with Gasteiger partial charge in [-0.2, -0.15) is 0 Å². The number of imidazole rings is 1. The number of anilines is 1. The molecule has 1 aliphatic carbocycles. The summed E-state index contributed by atoms with van der Waals surface area (Å²) < 4.78 is 2.36. The number of piperidine rings is 1. The van der Waals surface area contributed by atoms with E-state index in [1.54, 1.807) is 0 Å². The van der Waals surface area contributed by atoms with Crippen LogP contribution < -0.4 is 5.32 Å². The maximum Gasteiger partial charge on any atom is 0.203 e. The van der Waals surface area contributed by atoms with Gasteiger partial charge >= 0.3 is 0 Å². The van der Waals surface area contributed by atoms with Crippen molar-refractivity contribution in [2.45, 2.75) is 64.0 Å². The molecule has 2 aliphatic rings. The molecule has 2 heterocycles. The largest absolute Gasteiger partial charge is 0.352 e. The van der Waals surface area contributed by atoms with Gasteiger partial charge < -0.3 is 14.8 Å². The van der Waals surface area contributed by atoms with E-state index in [4.69, 9.17) is 0 Å². The Morgan fingerprint density at radius 3 is 2.70 bits per heavy atom. The smallest absolute Gasteiger partial charge is 0.203 e. The molecule has 1 aliphatic heterocycles. The molecule has 0 aromatic carbocycles. The van der Waals surface area contributed by atoms with Crippen molar-refractivity contribution in [3.8, 4) is 0 Å². The van der Waals surface area contributed by atoms with Crippen LogP contribution in [0.3, 0.4) is 0 Å². The second-order valence-electron chi connectivity index (χ2n) is 6.50. The van der Waals surface area contributed by atoms with Crippen molar-refractivity contribution in [1.82, 2.24) is 14.5 Å². The molecule has 4 nitrogen and oxygen atoms in total. The Kier molecular flexibility index (Phi) is 4.61. The second-order valence-corrected chi connectivity index (χ2v) is 6.50. The van der Waals surface area contributed by atoms with Gasteiger partial charge in [0.25, 0.3) is 0 Å². The average Bonchev–Trinajstić information content (AvgIpc) is 3.10. The van der Waals surface area contributed by atoms with Gasteiger partial charge in [0.1, 0.15) is 0 Å². The molecule has 0 amide bonds. The molecular formula is C16H28N4. The van der Waals surface area contributed by atoms with E-state index in [0.29, 0.717) is 12.1 Å². The first-order valence-corrected chi connectivity index (χ1v) is 8.34. The number of aromatic nitrogens is 2. The van der Waals surface area contributed by atoms with E-state index in [1.165, 1.54) is 58.0 Å². The third kappa shape index (κ3) is 3.35. The summed E-state index contributed by atoms with van der Waals surface area (Å²) in [4.78, 5) is 7.11. The number of likely N-dealkylation sites (tertiary alicyclic amines) is 1. The number of rotatable bonds is 5. The van der Waals surface area contributed by atoms with Crippen LogP contribution in [0, 0.1) is 0 Å². The fourth-order valence-corrected chi connectivity index (χ4v) is 3.70. The summed E-state index contributed by atoms with van der Waals surface area (Å²) in [7, 11) is 0. The maximum atomic E-state index is 4.53. The minimum atomic E-state index is 0.468. The lowest BCUT2D eigenvalue weighted by molar-refractivity contribution is 0.223. The summed E-state index contributed by atoms with van der Waals surface area (Å²) in [6.07, 6.45) is 13.6. The summed E-state index contributed by atoms with van der Waals surface area (Å²) >= 11 is 0. The molecule has 4 heteroatoms. The molecule has 2 fully saturated rings. The van der Waals surface area contributed by atoms with Crippen LogP contribution in [0.25, 0.3) is 0 Å². The molecule has 1 N–H and O–H groups in total. The Morgan fingerprint density at radius 2 is 1.95 bits per heavy atom. The summed E-state index contributed by atoms with van der Waals surface area (Å²) in [5.74, 6) is 1.07. The monoisotopic (exact) mass is 276 g/mol. The molecule has 1 saturated carbocycles. The van der Waals surface area contributed by atoms with Gasteiger partial charge in [0.15, 0.2) is 0 Å². The number of nitrogens with one attached hydrogen (secondary N) is 1. The third-order valence-corrected chi connectivity index (χ3v) is 4.74. The van der Waals surface area contributed by atoms with Crippen LogP contribution >= 0.6 is 0 Å². The number of nitrogens with zero attached hydrogens (tertiary/aromatic N) is 3. The first-order chi connectivity index (χ1) is 9.83. The van der Waals surface area contributed by atoms with Crippen molar-refractivity contribution in [2.75, 3.05) is 25.0 Å². The highest BCUT2D eigenvalue weighted by Gasteiger charge is 2.20. The fourth-order valence-electron chi connectivity index (χ4n) is 3.70. The molecular weight excluding hydrogens is 248 g/mol. The summed E-state index contributed by atoms with van der Waals surface area (Å²) in [6.45, 7) is 5.95. The lowest BCUT2D eigenvalue weighted by atomic mass is 10.1. The van der Waals surface area contributed by atoms with E-state index >= 15 is 0 Å². The molecule has 0 radical (unpaired) electrons. The maximum absolute atomic E-state index is 4.53. The normalized spacial score (nSPS) is 23.1. The Morgan fingerprint density at radius 1 is 1.20 bits per heavy atom. The summed E-state index contributed by atoms with van der Waals surface area (Å²) in [5.41, 5.74) is 0. The number of hydrogen-bond acceptors (Lipinski definition) is 3. The molecule has 0 bridgehead atoms. The molecule has 1 saturated heterocycles. The predicted molar refractivity (Wildman–Crippen MR) is 83.1 cm³/mol. The Labute approximate surface area is 122 Å². The average molecular weight is 276 g/mol. The summed E-state index contributed by atoms with van der Waals surface area (Å²) in [6, 6.07) is 1.14. The van der Waals surface area contributed by atoms with E-state index in [2.05, 4.69) is 32.9 Å². The van der Waals surface area contributed by atoms with Crippen molar-refractivity contribution < 1.29 is 0 Å². The molecule has 0 spiro atoms. The minimum Gasteiger partial charge on any atom is -0.352 e. The minimum absolute atomic E-state index is 0.468. The highest BCUT2D eigenvalue weighted by Crippen LogP contribution is 2.31. The second kappa shape index (κ2) is 6.61. The van der Waals surface area contributed by atoms with Gasteiger partial charge in [0, 0.05) is 31.0 Å². The van der Waals surface area contributed by atoms with Crippen LogP contribution in [0.5, 0.6) is 0 Å². The highest BCUT2D eigenvalue weighted by molar-refractivity contribution is 5.28. The van der Waals surface area contributed by atoms with Crippen molar-refractivity contribution in [3.05, 3.63) is 12.4 Å². The van der Waals surface area contributed by atoms with Gasteiger partial charge in [-0.3, -0.25) is 0 Å². The topological polar surface area (TPSA) is 33.1 Å². The van der Waals surface area contributed by atoms with E-state index in [1.807, 2.05) is 6.20 Å².